The number of aromatic nitrogens is 1. The van der Waals surface area contributed by atoms with Gasteiger partial charge in [-0.2, -0.15) is 0 Å². The molecule has 2 fully saturated rings. The first-order chi connectivity index (χ1) is 10.6. The van der Waals surface area contributed by atoms with Crippen molar-refractivity contribution in [1.29, 1.82) is 0 Å². The van der Waals surface area contributed by atoms with E-state index in [0.29, 0.717) is 17.7 Å². The summed E-state index contributed by atoms with van der Waals surface area (Å²) >= 11 is 1.58. The molecule has 2 heterocycles. The summed E-state index contributed by atoms with van der Waals surface area (Å²) in [5.41, 5.74) is 0. The summed E-state index contributed by atoms with van der Waals surface area (Å²) in [5.74, 6) is 1.49. The first-order valence-electron chi connectivity index (χ1n) is 8.01. The summed E-state index contributed by atoms with van der Waals surface area (Å²) < 4.78 is 0. The summed E-state index contributed by atoms with van der Waals surface area (Å²) in [6.07, 6.45) is 4.68. The van der Waals surface area contributed by atoms with Crippen LogP contribution in [0.3, 0.4) is 0 Å². The van der Waals surface area contributed by atoms with Crippen molar-refractivity contribution in [3.05, 3.63) is 16.6 Å². The van der Waals surface area contributed by atoms with Gasteiger partial charge in [0.15, 0.2) is 0 Å². The molecule has 1 saturated heterocycles. The number of amides is 2. The molecule has 3 atom stereocenters. The average molecular weight is 321 g/mol. The third-order valence-corrected chi connectivity index (χ3v) is 5.68. The van der Waals surface area contributed by atoms with Crippen LogP contribution in [0, 0.1) is 17.8 Å². The molecular formula is C16H23N3O2S. The lowest BCUT2D eigenvalue weighted by Gasteiger charge is -2.35. The number of rotatable bonds is 4. The lowest BCUT2D eigenvalue weighted by molar-refractivity contribution is -0.134. The fourth-order valence-electron chi connectivity index (χ4n) is 3.34. The molecule has 1 saturated carbocycles. The average Bonchev–Trinajstić information content (AvgIpc) is 3.01. The summed E-state index contributed by atoms with van der Waals surface area (Å²) in [7, 11) is 0. The van der Waals surface area contributed by atoms with E-state index in [1.807, 2.05) is 10.3 Å². The maximum atomic E-state index is 12.3. The van der Waals surface area contributed by atoms with Crippen LogP contribution in [0.4, 0.5) is 0 Å². The zero-order chi connectivity index (χ0) is 15.7. The number of hydrogen-bond donors (Lipinski definition) is 1. The van der Waals surface area contributed by atoms with Crippen molar-refractivity contribution in [2.24, 2.45) is 17.8 Å². The van der Waals surface area contributed by atoms with Crippen molar-refractivity contribution in [2.75, 3.05) is 13.1 Å². The molecule has 0 spiro atoms. The van der Waals surface area contributed by atoms with Crippen LogP contribution in [0.25, 0.3) is 0 Å². The molecule has 6 heteroatoms. The summed E-state index contributed by atoms with van der Waals surface area (Å²) in [6.45, 7) is 5.29. The van der Waals surface area contributed by atoms with Gasteiger partial charge in [0.2, 0.25) is 11.8 Å². The van der Waals surface area contributed by atoms with Crippen molar-refractivity contribution in [1.82, 2.24) is 15.2 Å². The zero-order valence-electron chi connectivity index (χ0n) is 13.1. The fourth-order valence-corrected chi connectivity index (χ4v) is 4.12. The molecule has 1 aliphatic carbocycles. The Morgan fingerprint density at radius 1 is 1.41 bits per heavy atom. The molecule has 1 aliphatic heterocycles. The Morgan fingerprint density at radius 3 is 2.59 bits per heavy atom. The minimum Gasteiger partial charge on any atom is -0.347 e. The summed E-state index contributed by atoms with van der Waals surface area (Å²) in [5, 5.41) is 5.95. The first-order valence-corrected chi connectivity index (χ1v) is 8.89. The summed E-state index contributed by atoms with van der Waals surface area (Å²) in [4.78, 5) is 30.2. The largest absolute Gasteiger partial charge is 0.347 e. The van der Waals surface area contributed by atoms with Crippen molar-refractivity contribution in [3.8, 4) is 0 Å². The molecule has 2 amide bonds. The SMILES string of the molecule is CC(=O)N[C@H](c1nccs1)C1CCN(C(=O)[C@H]2C[C@@H]2C)CC1. The van der Waals surface area contributed by atoms with Gasteiger partial charge in [-0.15, -0.1) is 11.3 Å². The second kappa shape index (κ2) is 6.36. The molecule has 3 rings (SSSR count). The molecule has 120 valence electrons. The summed E-state index contributed by atoms with van der Waals surface area (Å²) in [6, 6.07) is -0.0189. The van der Waals surface area contributed by atoms with E-state index in [0.717, 1.165) is 37.4 Å². The van der Waals surface area contributed by atoms with Crippen LogP contribution in [0.5, 0.6) is 0 Å². The Balaban J connectivity index is 1.60. The molecule has 1 aromatic rings. The Bertz CT molecular complexity index is 538. The molecule has 1 N–H and O–H groups in total. The topological polar surface area (TPSA) is 62.3 Å². The van der Waals surface area contributed by atoms with Crippen LogP contribution < -0.4 is 5.32 Å². The molecule has 0 aromatic carbocycles. The van der Waals surface area contributed by atoms with Gasteiger partial charge in [0, 0.05) is 37.5 Å². The van der Waals surface area contributed by atoms with Gasteiger partial charge in [-0.3, -0.25) is 9.59 Å². The van der Waals surface area contributed by atoms with E-state index in [4.69, 9.17) is 0 Å². The number of likely N-dealkylation sites (tertiary alicyclic amines) is 1. The normalized spacial score (nSPS) is 26.5. The predicted octanol–water partition coefficient (Wildman–Crippen LogP) is 2.21. The number of piperidine rings is 1. The second-order valence-electron chi connectivity index (χ2n) is 6.53. The predicted molar refractivity (Wildman–Crippen MR) is 85.2 cm³/mol. The van der Waals surface area contributed by atoms with Crippen LogP contribution in [-0.2, 0) is 9.59 Å². The highest BCUT2D eigenvalue weighted by atomic mass is 32.1. The van der Waals surface area contributed by atoms with Crippen LogP contribution in [0.2, 0.25) is 0 Å². The third kappa shape index (κ3) is 3.32. The van der Waals surface area contributed by atoms with E-state index in [2.05, 4.69) is 17.2 Å². The Kier molecular flexibility index (Phi) is 4.47. The second-order valence-corrected chi connectivity index (χ2v) is 7.46. The molecule has 0 radical (unpaired) electrons. The van der Waals surface area contributed by atoms with Crippen molar-refractivity contribution in [2.45, 2.75) is 39.2 Å². The van der Waals surface area contributed by atoms with Gasteiger partial charge in [-0.05, 0) is 31.1 Å². The highest BCUT2D eigenvalue weighted by Crippen LogP contribution is 2.40. The molecule has 22 heavy (non-hydrogen) atoms. The maximum absolute atomic E-state index is 12.3. The molecular weight excluding hydrogens is 298 g/mol. The lowest BCUT2D eigenvalue weighted by atomic mass is 9.89. The van der Waals surface area contributed by atoms with Gasteiger partial charge in [0.05, 0.1) is 6.04 Å². The number of nitrogens with one attached hydrogen (secondary N) is 1. The first kappa shape index (κ1) is 15.5. The van der Waals surface area contributed by atoms with E-state index in [-0.39, 0.29) is 17.9 Å². The van der Waals surface area contributed by atoms with Gasteiger partial charge in [-0.1, -0.05) is 6.92 Å². The highest BCUT2D eigenvalue weighted by Gasteiger charge is 2.42. The van der Waals surface area contributed by atoms with Crippen LogP contribution >= 0.6 is 11.3 Å². The Morgan fingerprint density at radius 2 is 2.09 bits per heavy atom. The van der Waals surface area contributed by atoms with E-state index in [1.54, 1.807) is 24.5 Å². The lowest BCUT2D eigenvalue weighted by Crippen LogP contribution is -2.43. The number of nitrogens with zero attached hydrogens (tertiary/aromatic N) is 2. The van der Waals surface area contributed by atoms with Gasteiger partial charge < -0.3 is 10.2 Å². The monoisotopic (exact) mass is 321 g/mol. The number of thiazole rings is 1. The van der Waals surface area contributed by atoms with E-state index in [9.17, 15) is 9.59 Å². The molecule has 5 nitrogen and oxygen atoms in total. The zero-order valence-corrected chi connectivity index (χ0v) is 13.9. The van der Waals surface area contributed by atoms with Gasteiger partial charge >= 0.3 is 0 Å². The number of hydrogen-bond acceptors (Lipinski definition) is 4. The van der Waals surface area contributed by atoms with Gasteiger partial charge in [0.25, 0.3) is 0 Å². The fraction of sp³-hybridized carbons (Fsp3) is 0.688. The number of carbonyl (C=O) groups excluding carboxylic acids is 2. The van der Waals surface area contributed by atoms with Crippen LogP contribution in [0.1, 0.15) is 44.2 Å². The Hall–Kier alpha value is -1.43. The van der Waals surface area contributed by atoms with Crippen molar-refractivity contribution in [3.63, 3.8) is 0 Å². The van der Waals surface area contributed by atoms with Gasteiger partial charge in [-0.25, -0.2) is 4.98 Å². The standard InChI is InChI=1S/C16H23N3O2S/c1-10-9-13(10)16(21)19-6-3-12(4-7-19)14(18-11(2)20)15-17-5-8-22-15/h5,8,10,12-14H,3-4,6-7,9H2,1-2H3,(H,18,20)/t10-,13-,14-/m0/s1. The van der Waals surface area contributed by atoms with Crippen LogP contribution in [0.15, 0.2) is 11.6 Å². The third-order valence-electron chi connectivity index (χ3n) is 4.83. The van der Waals surface area contributed by atoms with E-state index < -0.39 is 0 Å². The van der Waals surface area contributed by atoms with Crippen molar-refractivity contribution < 1.29 is 9.59 Å². The smallest absolute Gasteiger partial charge is 0.225 e. The minimum atomic E-state index is -0.0227. The van der Waals surface area contributed by atoms with E-state index in [1.165, 1.54) is 0 Å². The maximum Gasteiger partial charge on any atom is 0.225 e. The molecule has 0 bridgehead atoms. The van der Waals surface area contributed by atoms with Crippen LogP contribution in [-0.4, -0.2) is 34.8 Å². The van der Waals surface area contributed by atoms with E-state index >= 15 is 0 Å². The Labute approximate surface area is 135 Å². The van der Waals surface area contributed by atoms with Gasteiger partial charge in [0.1, 0.15) is 5.01 Å². The van der Waals surface area contributed by atoms with Crippen molar-refractivity contribution >= 4 is 23.2 Å². The minimum absolute atomic E-state index is 0.0189. The molecule has 0 unspecified atom stereocenters. The molecule has 2 aliphatic rings. The number of carbonyl (C=O) groups is 2. The molecule has 1 aromatic heterocycles. The quantitative estimate of drug-likeness (QED) is 0.925. The highest BCUT2D eigenvalue weighted by molar-refractivity contribution is 7.09.